The van der Waals surface area contributed by atoms with Crippen molar-refractivity contribution in [3.63, 3.8) is 0 Å². The van der Waals surface area contributed by atoms with Crippen LogP contribution >= 0.6 is 0 Å². The minimum atomic E-state index is -0.462. The first-order valence-corrected chi connectivity index (χ1v) is 7.74. The zero-order valence-electron chi connectivity index (χ0n) is 13.6. The third-order valence-corrected chi connectivity index (χ3v) is 3.35. The number of benzene rings is 2. The molecule has 2 aromatic carbocycles. The van der Waals surface area contributed by atoms with Gasteiger partial charge in [-0.3, -0.25) is 4.79 Å². The van der Waals surface area contributed by atoms with E-state index < -0.39 is 5.97 Å². The third-order valence-electron chi connectivity index (χ3n) is 3.35. The molecule has 0 atom stereocenters. The average Bonchev–Trinajstić information content (AvgIpc) is 2.63. The molecular weight excluding hydrogens is 324 g/mol. The van der Waals surface area contributed by atoms with Crippen molar-refractivity contribution in [2.75, 3.05) is 13.2 Å². The van der Waals surface area contributed by atoms with Crippen molar-refractivity contribution in [1.82, 2.24) is 0 Å². The summed E-state index contributed by atoms with van der Waals surface area (Å²) < 4.78 is 21.1. The molecule has 0 unspecified atom stereocenters. The number of para-hydroxylation sites is 1. The molecule has 0 N–H and O–H groups in total. The Labute approximate surface area is 143 Å². The number of esters is 1. The van der Waals surface area contributed by atoms with E-state index in [-0.39, 0.29) is 17.8 Å². The van der Waals surface area contributed by atoms with Gasteiger partial charge < -0.3 is 18.6 Å². The van der Waals surface area contributed by atoms with Crippen molar-refractivity contribution in [3.8, 4) is 17.2 Å². The van der Waals surface area contributed by atoms with E-state index in [4.69, 9.17) is 18.6 Å². The van der Waals surface area contributed by atoms with Crippen molar-refractivity contribution in [3.05, 3.63) is 65.0 Å². The topological polar surface area (TPSA) is 75.0 Å². The van der Waals surface area contributed by atoms with Crippen LogP contribution < -0.4 is 14.9 Å². The second-order valence-corrected chi connectivity index (χ2v) is 5.10. The summed E-state index contributed by atoms with van der Waals surface area (Å²) >= 11 is 0. The molecule has 3 aromatic rings. The normalized spacial score (nSPS) is 10.4. The Morgan fingerprint density at radius 1 is 1.08 bits per heavy atom. The van der Waals surface area contributed by atoms with Crippen molar-refractivity contribution >= 4 is 16.9 Å². The number of hydrogen-bond donors (Lipinski definition) is 0. The molecule has 25 heavy (non-hydrogen) atoms. The highest BCUT2D eigenvalue weighted by molar-refractivity contribution is 5.79. The average molecular weight is 340 g/mol. The highest BCUT2D eigenvalue weighted by Crippen LogP contribution is 2.23. The van der Waals surface area contributed by atoms with Crippen molar-refractivity contribution in [2.24, 2.45) is 0 Å². The molecule has 0 bridgehead atoms. The first kappa shape index (κ1) is 16.6. The minimum absolute atomic E-state index is 0.0962. The molecule has 0 saturated carbocycles. The molecule has 3 rings (SSSR count). The van der Waals surface area contributed by atoms with Crippen molar-refractivity contribution in [2.45, 2.75) is 6.92 Å². The van der Waals surface area contributed by atoms with Gasteiger partial charge in [-0.25, -0.2) is 4.79 Å². The lowest BCUT2D eigenvalue weighted by atomic mass is 10.2. The van der Waals surface area contributed by atoms with Crippen molar-refractivity contribution < 1.29 is 23.4 Å². The van der Waals surface area contributed by atoms with Crippen LogP contribution in [0.3, 0.4) is 0 Å². The maximum atomic E-state index is 12.5. The number of fused-ring (bicyclic) bond motifs is 1. The van der Waals surface area contributed by atoms with Crippen LogP contribution in [0.1, 0.15) is 6.92 Å². The van der Waals surface area contributed by atoms with Crippen LogP contribution in [0, 0.1) is 0 Å². The summed E-state index contributed by atoms with van der Waals surface area (Å²) in [5, 5.41) is 0.358. The molecule has 0 aliphatic carbocycles. The molecular formula is C19H16O6. The van der Waals surface area contributed by atoms with Gasteiger partial charge in [-0.15, -0.1) is 0 Å². The van der Waals surface area contributed by atoms with Crippen LogP contribution in [0.25, 0.3) is 11.0 Å². The van der Waals surface area contributed by atoms with Gasteiger partial charge in [0.25, 0.3) is 0 Å². The molecule has 0 spiro atoms. The van der Waals surface area contributed by atoms with Gasteiger partial charge in [0.15, 0.2) is 6.61 Å². The van der Waals surface area contributed by atoms with Gasteiger partial charge in [-0.2, -0.15) is 0 Å². The predicted octanol–water partition coefficient (Wildman–Crippen LogP) is 3.53. The molecule has 0 aliphatic rings. The smallest absolute Gasteiger partial charge is 0.344 e. The number of rotatable bonds is 6. The fourth-order valence-electron chi connectivity index (χ4n) is 2.21. The van der Waals surface area contributed by atoms with E-state index in [1.807, 2.05) is 18.2 Å². The standard InChI is InChI=1S/C19H16O6/c1-2-22-18(20)12-23-14-8-9-15-16(10-14)24-11-17(19(15)21)25-13-6-4-3-5-7-13/h3-11H,2,12H2,1H3. The quantitative estimate of drug-likeness (QED) is 0.639. The largest absolute Gasteiger partial charge is 0.482 e. The van der Waals surface area contributed by atoms with E-state index in [0.29, 0.717) is 29.1 Å². The van der Waals surface area contributed by atoms with E-state index in [1.165, 1.54) is 6.26 Å². The predicted molar refractivity (Wildman–Crippen MR) is 91.1 cm³/mol. The van der Waals surface area contributed by atoms with Gasteiger partial charge in [0.2, 0.25) is 11.2 Å². The summed E-state index contributed by atoms with van der Waals surface area (Å²) in [5.74, 6) is 0.582. The Morgan fingerprint density at radius 2 is 1.88 bits per heavy atom. The molecule has 1 heterocycles. The summed E-state index contributed by atoms with van der Waals surface area (Å²) in [7, 11) is 0. The van der Waals surface area contributed by atoms with Crippen molar-refractivity contribution in [1.29, 1.82) is 0 Å². The maximum Gasteiger partial charge on any atom is 0.344 e. The fourth-order valence-corrected chi connectivity index (χ4v) is 2.21. The summed E-state index contributed by atoms with van der Waals surface area (Å²) in [5.41, 5.74) is 0.0498. The molecule has 1 aromatic heterocycles. The van der Waals surface area contributed by atoms with Gasteiger partial charge in [0.05, 0.1) is 12.0 Å². The van der Waals surface area contributed by atoms with Crippen LogP contribution in [-0.4, -0.2) is 19.2 Å². The molecule has 128 valence electrons. The van der Waals surface area contributed by atoms with E-state index >= 15 is 0 Å². The second-order valence-electron chi connectivity index (χ2n) is 5.10. The lowest BCUT2D eigenvalue weighted by Crippen LogP contribution is -2.14. The van der Waals surface area contributed by atoms with Crippen LogP contribution in [0.2, 0.25) is 0 Å². The lowest BCUT2D eigenvalue weighted by Gasteiger charge is -2.08. The summed E-state index contributed by atoms with van der Waals surface area (Å²) in [6.45, 7) is 1.80. The van der Waals surface area contributed by atoms with Gasteiger partial charge in [0, 0.05) is 6.07 Å². The fraction of sp³-hybridized carbons (Fsp3) is 0.158. The molecule has 6 nitrogen and oxygen atoms in total. The number of ether oxygens (including phenoxy) is 3. The Bertz CT molecular complexity index is 930. The molecule has 0 fully saturated rings. The van der Waals surface area contributed by atoms with E-state index in [0.717, 1.165) is 0 Å². The van der Waals surface area contributed by atoms with E-state index in [9.17, 15) is 9.59 Å². The first-order valence-electron chi connectivity index (χ1n) is 7.74. The zero-order valence-corrected chi connectivity index (χ0v) is 13.6. The Balaban J connectivity index is 1.81. The van der Waals surface area contributed by atoms with Crippen LogP contribution in [0.4, 0.5) is 0 Å². The summed E-state index contributed by atoms with van der Waals surface area (Å²) in [4.78, 5) is 23.8. The maximum absolute atomic E-state index is 12.5. The first-order chi connectivity index (χ1) is 12.2. The molecule has 0 radical (unpaired) electrons. The Kier molecular flexibility index (Phi) is 4.99. The zero-order chi connectivity index (χ0) is 17.6. The van der Waals surface area contributed by atoms with Crippen LogP contribution in [0.5, 0.6) is 17.2 Å². The second kappa shape index (κ2) is 7.53. The highest BCUT2D eigenvalue weighted by Gasteiger charge is 2.11. The number of hydrogen-bond acceptors (Lipinski definition) is 6. The molecule has 6 heteroatoms. The Morgan fingerprint density at radius 3 is 2.64 bits per heavy atom. The van der Waals surface area contributed by atoms with E-state index in [1.54, 1.807) is 37.3 Å². The lowest BCUT2D eigenvalue weighted by molar-refractivity contribution is -0.145. The summed E-state index contributed by atoms with van der Waals surface area (Å²) in [6, 6.07) is 13.7. The molecule has 0 amide bonds. The number of carbonyl (C=O) groups is 1. The summed E-state index contributed by atoms with van der Waals surface area (Å²) in [6.07, 6.45) is 1.26. The Hall–Kier alpha value is -3.28. The monoisotopic (exact) mass is 340 g/mol. The van der Waals surface area contributed by atoms with Gasteiger partial charge in [-0.1, -0.05) is 18.2 Å². The van der Waals surface area contributed by atoms with Gasteiger partial charge >= 0.3 is 5.97 Å². The SMILES string of the molecule is CCOC(=O)COc1ccc2c(=O)c(Oc3ccccc3)coc2c1. The highest BCUT2D eigenvalue weighted by atomic mass is 16.6. The molecule has 0 saturated heterocycles. The number of carbonyl (C=O) groups excluding carboxylic acids is 1. The third kappa shape index (κ3) is 3.98. The van der Waals surface area contributed by atoms with Crippen LogP contribution in [0.15, 0.2) is 64.0 Å². The minimum Gasteiger partial charge on any atom is -0.482 e. The van der Waals surface area contributed by atoms with Gasteiger partial charge in [-0.05, 0) is 31.2 Å². The van der Waals surface area contributed by atoms with Crippen LogP contribution in [-0.2, 0) is 9.53 Å². The van der Waals surface area contributed by atoms with E-state index in [2.05, 4.69) is 0 Å². The van der Waals surface area contributed by atoms with Gasteiger partial charge in [0.1, 0.15) is 23.3 Å². The molecule has 0 aliphatic heterocycles.